The van der Waals surface area contributed by atoms with Gasteiger partial charge < -0.3 is 4.74 Å². The molecule has 1 unspecified atom stereocenters. The number of carbonyl (C=O) groups is 3. The lowest BCUT2D eigenvalue weighted by Gasteiger charge is -2.35. The molecule has 11 nitrogen and oxygen atoms in total. The molecule has 1 heterocycles. The molecule has 33 heavy (non-hydrogen) atoms. The van der Waals surface area contributed by atoms with Crippen molar-refractivity contribution in [2.75, 3.05) is 18.7 Å². The molecule has 3 amide bonds. The number of hydroxylamine groups is 1. The number of amides is 3. The van der Waals surface area contributed by atoms with Gasteiger partial charge in [-0.25, -0.2) is 13.9 Å². The number of carbonyl (C=O) groups excluding carboxylic acids is 3. The Kier molecular flexibility index (Phi) is 7.01. The predicted molar refractivity (Wildman–Crippen MR) is 116 cm³/mol. The average Bonchev–Trinajstić information content (AvgIpc) is 2.96. The molecule has 0 aliphatic carbocycles. The summed E-state index contributed by atoms with van der Waals surface area (Å²) in [5.41, 5.74) is 2.33. The Morgan fingerprint density at radius 1 is 1.06 bits per heavy atom. The highest BCUT2D eigenvalue weighted by Crippen LogP contribution is 2.32. The van der Waals surface area contributed by atoms with Crippen LogP contribution in [0.3, 0.4) is 0 Å². The Bertz CT molecular complexity index is 1150. The van der Waals surface area contributed by atoms with Crippen LogP contribution in [0.1, 0.15) is 19.4 Å². The molecule has 2 aromatic rings. The standard InChI is InChI=1S/C21H24N4O7S/c1-14(26)25(15(2)27)23-13-20(21(28)22-29)24(12-16-6-4-5-7-19(16)23)33(30,31)18-10-8-17(32-3)9-11-18/h4-11,20,29H,12-13H2,1-3H3,(H,22,28). The zero-order valence-electron chi connectivity index (χ0n) is 18.3. The van der Waals surface area contributed by atoms with Gasteiger partial charge in [0.05, 0.1) is 24.2 Å². The first-order chi connectivity index (χ1) is 15.6. The van der Waals surface area contributed by atoms with Crippen LogP contribution < -0.4 is 15.2 Å². The molecule has 0 radical (unpaired) electrons. The fourth-order valence-electron chi connectivity index (χ4n) is 3.70. The van der Waals surface area contributed by atoms with Gasteiger partial charge in [-0.15, -0.1) is 0 Å². The van der Waals surface area contributed by atoms with Crippen molar-refractivity contribution in [1.29, 1.82) is 0 Å². The van der Waals surface area contributed by atoms with Crippen molar-refractivity contribution in [3.05, 3.63) is 54.1 Å². The minimum Gasteiger partial charge on any atom is -0.497 e. The number of hydrazine groups is 1. The van der Waals surface area contributed by atoms with Crippen LogP contribution in [0.25, 0.3) is 0 Å². The Balaban J connectivity index is 2.18. The van der Waals surface area contributed by atoms with E-state index in [9.17, 15) is 28.0 Å². The van der Waals surface area contributed by atoms with Gasteiger partial charge in [0, 0.05) is 20.4 Å². The Labute approximate surface area is 191 Å². The van der Waals surface area contributed by atoms with Gasteiger partial charge in [-0.3, -0.25) is 24.6 Å². The number of para-hydroxylation sites is 1. The molecule has 2 aromatic carbocycles. The lowest BCUT2D eigenvalue weighted by Crippen LogP contribution is -2.57. The second-order valence-electron chi connectivity index (χ2n) is 7.28. The second-order valence-corrected chi connectivity index (χ2v) is 9.17. The molecular formula is C21H24N4O7S. The summed E-state index contributed by atoms with van der Waals surface area (Å²) in [6.07, 6.45) is 0. The number of nitrogens with zero attached hydrogens (tertiary/aromatic N) is 3. The summed E-state index contributed by atoms with van der Waals surface area (Å²) in [5.74, 6) is -1.81. The molecule has 0 saturated heterocycles. The molecule has 3 rings (SSSR count). The smallest absolute Gasteiger partial charge is 0.263 e. The molecule has 0 spiro atoms. The van der Waals surface area contributed by atoms with Crippen LogP contribution in [-0.2, 0) is 31.0 Å². The van der Waals surface area contributed by atoms with Gasteiger partial charge in [0.1, 0.15) is 11.8 Å². The average molecular weight is 477 g/mol. The molecule has 1 aliphatic heterocycles. The first-order valence-electron chi connectivity index (χ1n) is 9.88. The van der Waals surface area contributed by atoms with E-state index in [0.29, 0.717) is 17.0 Å². The fourth-order valence-corrected chi connectivity index (χ4v) is 5.26. The van der Waals surface area contributed by atoms with Gasteiger partial charge >= 0.3 is 0 Å². The quantitative estimate of drug-likeness (QED) is 0.480. The molecule has 176 valence electrons. The highest BCUT2D eigenvalue weighted by atomic mass is 32.2. The van der Waals surface area contributed by atoms with Crippen LogP contribution in [-0.4, -0.2) is 60.4 Å². The lowest BCUT2D eigenvalue weighted by atomic mass is 10.2. The van der Waals surface area contributed by atoms with Gasteiger partial charge in [0.15, 0.2) is 0 Å². The SMILES string of the molecule is COc1ccc(S(=O)(=O)N2Cc3ccccc3N(N(C(C)=O)C(C)=O)CC2C(=O)NO)cc1. The van der Waals surface area contributed by atoms with Crippen molar-refractivity contribution in [1.82, 2.24) is 14.8 Å². The maximum absolute atomic E-state index is 13.6. The number of imide groups is 1. The third-order valence-electron chi connectivity index (χ3n) is 5.21. The zero-order chi connectivity index (χ0) is 24.3. The first-order valence-corrected chi connectivity index (χ1v) is 11.3. The largest absolute Gasteiger partial charge is 0.497 e. The third-order valence-corrected chi connectivity index (χ3v) is 7.08. The molecule has 0 saturated carbocycles. The van der Waals surface area contributed by atoms with Crippen LogP contribution in [0.2, 0.25) is 0 Å². The summed E-state index contributed by atoms with van der Waals surface area (Å²) in [4.78, 5) is 37.1. The number of sulfonamides is 1. The number of nitrogens with one attached hydrogen (secondary N) is 1. The van der Waals surface area contributed by atoms with Gasteiger partial charge in [-0.05, 0) is 35.9 Å². The van der Waals surface area contributed by atoms with Crippen molar-refractivity contribution < 1.29 is 32.7 Å². The number of anilines is 1. The Hall–Kier alpha value is -3.48. The Morgan fingerprint density at radius 3 is 2.21 bits per heavy atom. The maximum Gasteiger partial charge on any atom is 0.263 e. The number of hydrogen-bond acceptors (Lipinski definition) is 8. The summed E-state index contributed by atoms with van der Waals surface area (Å²) < 4.78 is 33.2. The molecular weight excluding hydrogens is 452 g/mol. The van der Waals surface area contributed by atoms with Crippen molar-refractivity contribution >= 4 is 33.4 Å². The van der Waals surface area contributed by atoms with Crippen molar-refractivity contribution in [3.8, 4) is 5.75 Å². The van der Waals surface area contributed by atoms with E-state index >= 15 is 0 Å². The van der Waals surface area contributed by atoms with Crippen molar-refractivity contribution in [3.63, 3.8) is 0 Å². The summed E-state index contributed by atoms with van der Waals surface area (Å²) in [7, 11) is -2.81. The minimum absolute atomic E-state index is 0.0973. The van der Waals surface area contributed by atoms with Crippen molar-refractivity contribution in [2.24, 2.45) is 0 Å². The normalized spacial score (nSPS) is 16.4. The summed E-state index contributed by atoms with van der Waals surface area (Å²) >= 11 is 0. The topological polar surface area (TPSA) is 137 Å². The number of ether oxygens (including phenoxy) is 1. The van der Waals surface area contributed by atoms with E-state index in [2.05, 4.69) is 0 Å². The minimum atomic E-state index is -4.26. The van der Waals surface area contributed by atoms with Gasteiger partial charge in [0.25, 0.3) is 5.91 Å². The Morgan fingerprint density at radius 2 is 1.67 bits per heavy atom. The fraction of sp³-hybridized carbons (Fsp3) is 0.286. The summed E-state index contributed by atoms with van der Waals surface area (Å²) in [6, 6.07) is 10.7. The first kappa shape index (κ1) is 24.2. The van der Waals surface area contributed by atoms with Crippen LogP contribution in [0.5, 0.6) is 5.75 Å². The number of fused-ring (bicyclic) bond motifs is 1. The molecule has 2 N–H and O–H groups in total. The predicted octanol–water partition coefficient (Wildman–Crippen LogP) is 0.890. The number of rotatable bonds is 5. The second kappa shape index (κ2) is 9.57. The van der Waals surface area contributed by atoms with Crippen molar-refractivity contribution in [2.45, 2.75) is 31.3 Å². The van der Waals surface area contributed by atoms with Crippen LogP contribution in [0.15, 0.2) is 53.4 Å². The van der Waals surface area contributed by atoms with Crippen LogP contribution in [0, 0.1) is 0 Å². The number of hydrogen-bond donors (Lipinski definition) is 2. The van der Waals surface area contributed by atoms with Gasteiger partial charge in [-0.1, -0.05) is 18.2 Å². The molecule has 1 aliphatic rings. The molecule has 0 aromatic heterocycles. The van der Waals surface area contributed by atoms with Crippen LogP contribution >= 0.6 is 0 Å². The molecule has 0 fully saturated rings. The highest BCUT2D eigenvalue weighted by molar-refractivity contribution is 7.89. The van der Waals surface area contributed by atoms with Gasteiger partial charge in [0.2, 0.25) is 21.8 Å². The van der Waals surface area contributed by atoms with E-state index in [1.165, 1.54) is 55.7 Å². The monoisotopic (exact) mass is 476 g/mol. The summed E-state index contributed by atoms with van der Waals surface area (Å²) in [6.45, 7) is 1.71. The summed E-state index contributed by atoms with van der Waals surface area (Å²) in [5, 5.41) is 11.4. The van der Waals surface area contributed by atoms with Crippen LogP contribution in [0.4, 0.5) is 5.69 Å². The van der Waals surface area contributed by atoms with E-state index in [1.807, 2.05) is 0 Å². The zero-order valence-corrected chi connectivity index (χ0v) is 19.1. The van der Waals surface area contributed by atoms with E-state index < -0.39 is 40.3 Å². The number of methoxy groups -OCH3 is 1. The third kappa shape index (κ3) is 4.67. The molecule has 0 bridgehead atoms. The van der Waals surface area contributed by atoms with Gasteiger partial charge in [-0.2, -0.15) is 9.31 Å². The van der Waals surface area contributed by atoms with E-state index in [-0.39, 0.29) is 11.4 Å². The maximum atomic E-state index is 13.6. The highest BCUT2D eigenvalue weighted by Gasteiger charge is 2.42. The van der Waals surface area contributed by atoms with E-state index in [0.717, 1.165) is 9.31 Å². The molecule has 12 heteroatoms. The molecule has 1 atom stereocenters. The number of benzene rings is 2. The lowest BCUT2D eigenvalue weighted by molar-refractivity contribution is -0.144. The van der Waals surface area contributed by atoms with E-state index in [4.69, 9.17) is 4.74 Å². The van der Waals surface area contributed by atoms with E-state index in [1.54, 1.807) is 24.3 Å².